The van der Waals surface area contributed by atoms with Crippen LogP contribution in [0.3, 0.4) is 0 Å². The molecule has 2 aromatic carbocycles. The van der Waals surface area contributed by atoms with E-state index in [0.29, 0.717) is 16.8 Å². The lowest BCUT2D eigenvalue weighted by Crippen LogP contribution is -2.53. The van der Waals surface area contributed by atoms with Gasteiger partial charge in [-0.15, -0.1) is 0 Å². The maximum atomic E-state index is 13.8. The van der Waals surface area contributed by atoms with Crippen molar-refractivity contribution < 1.29 is 24.5 Å². The maximum Gasteiger partial charge on any atom is 0.198 e. The van der Waals surface area contributed by atoms with Gasteiger partial charge in [-0.2, -0.15) is 0 Å². The van der Waals surface area contributed by atoms with Crippen LogP contribution in [0.15, 0.2) is 36.4 Å². The fraction of sp³-hybridized carbons (Fsp3) is 0.286. The fourth-order valence-corrected chi connectivity index (χ4v) is 5.90. The number of fused-ring (bicyclic) bond motifs is 4. The van der Waals surface area contributed by atoms with Crippen molar-refractivity contribution in [2.24, 2.45) is 11.7 Å². The van der Waals surface area contributed by atoms with Gasteiger partial charge in [0.05, 0.1) is 28.8 Å². The largest absolute Gasteiger partial charge is 0.507 e. The molecular weight excluding hydrogens is 444 g/mol. The number of allylic oxidation sites excluding steroid dienone is 2. The van der Waals surface area contributed by atoms with Gasteiger partial charge in [0.25, 0.3) is 0 Å². The first-order chi connectivity index (χ1) is 16.8. The molecular formula is C28H22N2O5. The summed E-state index contributed by atoms with van der Waals surface area (Å²) in [5.41, 5.74) is 5.49. The maximum absolute atomic E-state index is 13.8. The molecule has 0 radical (unpaired) electrons. The molecule has 1 saturated heterocycles. The van der Waals surface area contributed by atoms with Gasteiger partial charge in [-0.3, -0.25) is 9.59 Å². The third-order valence-corrected chi connectivity index (χ3v) is 7.56. The summed E-state index contributed by atoms with van der Waals surface area (Å²) >= 11 is 0. The Hall–Kier alpha value is -3.88. The van der Waals surface area contributed by atoms with Gasteiger partial charge in [-0.25, -0.2) is 0 Å². The number of nitrogens with two attached hydrogens (primary N) is 1. The molecule has 35 heavy (non-hydrogen) atoms. The summed E-state index contributed by atoms with van der Waals surface area (Å²) in [5.74, 6) is 10.5. The van der Waals surface area contributed by atoms with Crippen LogP contribution in [0, 0.1) is 29.6 Å². The van der Waals surface area contributed by atoms with E-state index in [1.165, 1.54) is 6.07 Å². The molecule has 0 aromatic heterocycles. The second-order valence-corrected chi connectivity index (χ2v) is 9.33. The SMILES string of the molecule is C[C@@H]1C#C/C=C\C#C[C@@H]2Nc3c(cc(O)c4c3C(=O)c3cc(CN)ccc3C4=O)[C@]13O[C@@]23[C@@H](C)O. The zero-order valence-corrected chi connectivity index (χ0v) is 19.1. The number of hydrogen-bond acceptors (Lipinski definition) is 7. The summed E-state index contributed by atoms with van der Waals surface area (Å²) in [5, 5.41) is 25.3. The number of aliphatic hydroxyl groups is 1. The molecule has 2 aliphatic heterocycles. The van der Waals surface area contributed by atoms with Crippen molar-refractivity contribution in [1.29, 1.82) is 0 Å². The Morgan fingerprint density at radius 1 is 1.11 bits per heavy atom. The number of phenolic OH excluding ortho intramolecular Hbond substituents is 1. The second-order valence-electron chi connectivity index (χ2n) is 9.33. The van der Waals surface area contributed by atoms with Crippen molar-refractivity contribution in [3.63, 3.8) is 0 Å². The number of benzene rings is 2. The summed E-state index contributed by atoms with van der Waals surface area (Å²) in [6.07, 6.45) is 2.32. The van der Waals surface area contributed by atoms with Crippen LogP contribution in [0.4, 0.5) is 5.69 Å². The first-order valence-electron chi connectivity index (χ1n) is 11.4. The van der Waals surface area contributed by atoms with Crippen molar-refractivity contribution >= 4 is 17.3 Å². The van der Waals surface area contributed by atoms with Gasteiger partial charge >= 0.3 is 0 Å². The van der Waals surface area contributed by atoms with Crippen molar-refractivity contribution in [2.45, 2.75) is 43.7 Å². The van der Waals surface area contributed by atoms with Crippen molar-refractivity contribution in [3.8, 4) is 29.4 Å². The van der Waals surface area contributed by atoms with E-state index in [-0.39, 0.29) is 34.5 Å². The monoisotopic (exact) mass is 466 g/mol. The minimum Gasteiger partial charge on any atom is -0.507 e. The Morgan fingerprint density at radius 2 is 1.83 bits per heavy atom. The number of anilines is 1. The van der Waals surface area contributed by atoms with Crippen LogP contribution in [-0.2, 0) is 16.9 Å². The molecule has 2 heterocycles. The first kappa shape index (κ1) is 21.6. The highest BCUT2D eigenvalue weighted by molar-refractivity contribution is 6.31. The van der Waals surface area contributed by atoms with Gasteiger partial charge in [-0.1, -0.05) is 29.7 Å². The van der Waals surface area contributed by atoms with Gasteiger partial charge < -0.3 is 26.0 Å². The van der Waals surface area contributed by atoms with Gasteiger partial charge in [0.1, 0.15) is 17.4 Å². The molecule has 2 aromatic rings. The predicted molar refractivity (Wildman–Crippen MR) is 128 cm³/mol. The third kappa shape index (κ3) is 2.53. The molecule has 0 unspecified atom stereocenters. The lowest BCUT2D eigenvalue weighted by molar-refractivity contribution is 0.0868. The summed E-state index contributed by atoms with van der Waals surface area (Å²) < 4.78 is 6.39. The van der Waals surface area contributed by atoms with E-state index in [9.17, 15) is 19.8 Å². The molecule has 5 N–H and O–H groups in total. The van der Waals surface area contributed by atoms with E-state index < -0.39 is 40.8 Å². The lowest BCUT2D eigenvalue weighted by Gasteiger charge is -2.38. The molecule has 5 atom stereocenters. The Labute approximate surface area is 202 Å². The number of aliphatic hydroxyl groups excluding tert-OH is 1. The smallest absolute Gasteiger partial charge is 0.198 e. The number of epoxide rings is 1. The minimum atomic E-state index is -1.15. The number of ether oxygens (including phenoxy) is 1. The van der Waals surface area contributed by atoms with Gasteiger partial charge in [0, 0.05) is 23.2 Å². The Kier molecular flexibility index (Phi) is 4.37. The molecule has 0 saturated carbocycles. The van der Waals surface area contributed by atoms with E-state index in [0.717, 1.165) is 0 Å². The molecule has 2 bridgehead atoms. The van der Waals surface area contributed by atoms with Crippen LogP contribution >= 0.6 is 0 Å². The molecule has 0 amide bonds. The number of rotatable bonds is 2. The van der Waals surface area contributed by atoms with Crippen LogP contribution in [0.5, 0.6) is 5.75 Å². The summed E-state index contributed by atoms with van der Waals surface area (Å²) in [7, 11) is 0. The molecule has 2 aliphatic carbocycles. The minimum absolute atomic E-state index is 0.0629. The predicted octanol–water partition coefficient (Wildman–Crippen LogP) is 1.98. The molecule has 0 spiro atoms. The standard InChI is InChI=1S/C28H22N2O5/c1-14-7-5-3-4-6-8-21-28(15(2)31)27(14,35-28)19-12-20(32)22-23(24(19)30-21)26(34)18-11-16(13-29)9-10-17(18)25(22)33/h3-4,9-12,14-15,21,30-32H,13,29H2,1-2H3/b4-3-/t14-,15-,21+,27-,28+/m1/s1. The molecule has 7 nitrogen and oxygen atoms in total. The van der Waals surface area contributed by atoms with E-state index in [1.807, 2.05) is 6.92 Å². The van der Waals surface area contributed by atoms with E-state index >= 15 is 0 Å². The van der Waals surface area contributed by atoms with Crippen LogP contribution < -0.4 is 11.1 Å². The van der Waals surface area contributed by atoms with Crippen LogP contribution in [0.2, 0.25) is 0 Å². The average Bonchev–Trinajstić information content (AvgIpc) is 3.57. The molecule has 6 rings (SSSR count). The van der Waals surface area contributed by atoms with E-state index in [4.69, 9.17) is 10.5 Å². The average molecular weight is 466 g/mol. The quantitative estimate of drug-likeness (QED) is 0.259. The van der Waals surface area contributed by atoms with Crippen molar-refractivity contribution in [3.05, 3.63) is 69.8 Å². The van der Waals surface area contributed by atoms with Gasteiger partial charge in [0.15, 0.2) is 17.2 Å². The molecule has 4 aliphatic rings. The number of hydrogen-bond donors (Lipinski definition) is 4. The summed E-state index contributed by atoms with van der Waals surface area (Å²) in [6, 6.07) is 5.65. The zero-order valence-electron chi connectivity index (χ0n) is 19.1. The Balaban J connectivity index is 1.67. The Morgan fingerprint density at radius 3 is 2.54 bits per heavy atom. The Bertz CT molecular complexity index is 1520. The van der Waals surface area contributed by atoms with Crippen LogP contribution in [0.1, 0.15) is 56.8 Å². The van der Waals surface area contributed by atoms with Gasteiger partial charge in [0.2, 0.25) is 0 Å². The summed E-state index contributed by atoms with van der Waals surface area (Å²) in [6.45, 7) is 3.72. The van der Waals surface area contributed by atoms with Gasteiger partial charge in [-0.05, 0) is 49.8 Å². The van der Waals surface area contributed by atoms with Crippen LogP contribution in [-0.4, -0.2) is 39.5 Å². The number of aromatic hydroxyl groups is 1. The second kappa shape index (κ2) is 7.07. The molecule has 7 heteroatoms. The fourth-order valence-electron chi connectivity index (χ4n) is 5.90. The first-order valence-corrected chi connectivity index (χ1v) is 11.4. The number of nitrogens with one attached hydrogen (secondary N) is 1. The summed E-state index contributed by atoms with van der Waals surface area (Å²) in [4.78, 5) is 27.3. The lowest BCUT2D eigenvalue weighted by atomic mass is 9.67. The van der Waals surface area contributed by atoms with E-state index in [1.54, 1.807) is 37.3 Å². The number of ketones is 2. The zero-order chi connectivity index (χ0) is 24.7. The van der Waals surface area contributed by atoms with Crippen molar-refractivity contribution in [1.82, 2.24) is 0 Å². The highest BCUT2D eigenvalue weighted by Crippen LogP contribution is 2.68. The topological polar surface area (TPSA) is 125 Å². The third-order valence-electron chi connectivity index (χ3n) is 7.56. The number of carbonyl (C=O) groups is 2. The normalized spacial score (nSPS) is 30.5. The van der Waals surface area contributed by atoms with E-state index in [2.05, 4.69) is 29.0 Å². The van der Waals surface area contributed by atoms with Crippen molar-refractivity contribution in [2.75, 3.05) is 5.32 Å². The number of carbonyl (C=O) groups excluding carboxylic acids is 2. The molecule has 174 valence electrons. The van der Waals surface area contributed by atoms with Crippen LogP contribution in [0.25, 0.3) is 0 Å². The highest BCUT2D eigenvalue weighted by Gasteiger charge is 2.81. The number of phenols is 1. The molecule has 1 fully saturated rings. The highest BCUT2D eigenvalue weighted by atomic mass is 16.6.